The summed E-state index contributed by atoms with van der Waals surface area (Å²) in [5, 5.41) is 2.31. The van der Waals surface area contributed by atoms with Crippen LogP contribution in [0.3, 0.4) is 0 Å². The number of piperidine rings is 1. The smallest absolute Gasteiger partial charge is 0.324 e. The first-order chi connectivity index (χ1) is 19.2. The number of imide groups is 1. The van der Waals surface area contributed by atoms with Crippen molar-refractivity contribution < 1.29 is 32.7 Å². The minimum absolute atomic E-state index is 0.198. The van der Waals surface area contributed by atoms with Crippen LogP contribution >= 0.6 is 0 Å². The molecule has 2 fully saturated rings. The van der Waals surface area contributed by atoms with Crippen LogP contribution in [0.1, 0.15) is 53.2 Å². The van der Waals surface area contributed by atoms with Crippen LogP contribution in [0.4, 0.5) is 8.78 Å². The Morgan fingerprint density at radius 3 is 2.40 bits per heavy atom. The van der Waals surface area contributed by atoms with Gasteiger partial charge in [0, 0.05) is 56.7 Å². The fraction of sp³-hybridized carbons (Fsp3) is 0.448. The number of ether oxygens (including phenoxy) is 1. The highest BCUT2D eigenvalue weighted by Gasteiger charge is 2.41. The monoisotopic (exact) mass is 554 g/mol. The fourth-order valence-corrected chi connectivity index (χ4v) is 5.34. The Morgan fingerprint density at radius 2 is 1.73 bits per heavy atom. The number of amides is 4. The Kier molecular flexibility index (Phi) is 7.84. The van der Waals surface area contributed by atoms with Gasteiger partial charge in [0.1, 0.15) is 18.4 Å². The van der Waals surface area contributed by atoms with Crippen molar-refractivity contribution in [3.63, 3.8) is 0 Å². The molecular formula is C29H32F2N4O5. The number of hydrogen-bond donors (Lipinski definition) is 1. The van der Waals surface area contributed by atoms with Crippen LogP contribution in [-0.4, -0.2) is 76.5 Å². The lowest BCUT2D eigenvalue weighted by molar-refractivity contribution is -0.159. The van der Waals surface area contributed by atoms with Crippen molar-refractivity contribution in [3.05, 3.63) is 64.7 Å². The van der Waals surface area contributed by atoms with Gasteiger partial charge in [-0.15, -0.1) is 0 Å². The fourth-order valence-electron chi connectivity index (χ4n) is 5.34. The molecule has 3 aliphatic rings. The van der Waals surface area contributed by atoms with Gasteiger partial charge in [0.05, 0.1) is 6.54 Å². The lowest BCUT2D eigenvalue weighted by atomic mass is 10.0. The quantitative estimate of drug-likeness (QED) is 0.504. The molecule has 1 N–H and O–H groups in total. The van der Waals surface area contributed by atoms with Gasteiger partial charge in [-0.1, -0.05) is 37.3 Å². The summed E-state index contributed by atoms with van der Waals surface area (Å²) in [7, 11) is 0. The molecule has 3 heterocycles. The molecule has 40 heavy (non-hydrogen) atoms. The summed E-state index contributed by atoms with van der Waals surface area (Å²) in [6.07, 6.45) is 0.00691. The summed E-state index contributed by atoms with van der Waals surface area (Å²) in [5.74, 6) is -4.84. The van der Waals surface area contributed by atoms with Gasteiger partial charge in [0.25, 0.3) is 11.8 Å². The van der Waals surface area contributed by atoms with Gasteiger partial charge in [-0.3, -0.25) is 29.4 Å². The third-order valence-corrected chi connectivity index (χ3v) is 7.78. The molecule has 0 aliphatic carbocycles. The number of nitrogens with one attached hydrogen (secondary N) is 1. The van der Waals surface area contributed by atoms with Crippen molar-refractivity contribution >= 4 is 23.6 Å². The highest BCUT2D eigenvalue weighted by Crippen LogP contribution is 2.34. The second kappa shape index (κ2) is 11.3. The molecule has 2 aromatic rings. The Hall–Kier alpha value is -3.86. The summed E-state index contributed by atoms with van der Waals surface area (Å²) < 4.78 is 33.5. The molecule has 11 heteroatoms. The number of carbonyl (C=O) groups is 4. The van der Waals surface area contributed by atoms with E-state index in [0.29, 0.717) is 37.4 Å². The van der Waals surface area contributed by atoms with Crippen LogP contribution in [0.25, 0.3) is 0 Å². The molecule has 2 aromatic carbocycles. The van der Waals surface area contributed by atoms with Crippen molar-refractivity contribution in [1.29, 1.82) is 0 Å². The minimum atomic E-state index is -3.30. The summed E-state index contributed by atoms with van der Waals surface area (Å²) in [4.78, 5) is 53.7. The highest BCUT2D eigenvalue weighted by atomic mass is 19.3. The predicted molar refractivity (Wildman–Crippen MR) is 140 cm³/mol. The van der Waals surface area contributed by atoms with Crippen molar-refractivity contribution in [2.24, 2.45) is 0 Å². The van der Waals surface area contributed by atoms with E-state index >= 15 is 0 Å². The first kappa shape index (κ1) is 27.7. The Labute approximate surface area is 231 Å². The summed E-state index contributed by atoms with van der Waals surface area (Å²) in [6, 6.07) is 12.5. The average Bonchev–Trinajstić information content (AvgIpc) is 3.29. The zero-order chi connectivity index (χ0) is 28.4. The summed E-state index contributed by atoms with van der Waals surface area (Å²) in [5.41, 5.74) is 3.22. The van der Waals surface area contributed by atoms with E-state index < -0.39 is 30.2 Å². The molecule has 1 atom stereocenters. The van der Waals surface area contributed by atoms with Gasteiger partial charge < -0.3 is 14.5 Å². The van der Waals surface area contributed by atoms with Crippen molar-refractivity contribution in [2.45, 2.75) is 57.8 Å². The van der Waals surface area contributed by atoms with Gasteiger partial charge >= 0.3 is 5.92 Å². The first-order valence-corrected chi connectivity index (χ1v) is 13.5. The molecule has 0 spiro atoms. The summed E-state index contributed by atoms with van der Waals surface area (Å²) >= 11 is 0. The maximum Gasteiger partial charge on any atom is 0.324 e. The van der Waals surface area contributed by atoms with Crippen LogP contribution in [0, 0.1) is 0 Å². The topological polar surface area (TPSA) is 99.3 Å². The molecule has 0 radical (unpaired) electrons. The highest BCUT2D eigenvalue weighted by molar-refractivity contribution is 6.05. The first-order valence-electron chi connectivity index (χ1n) is 13.5. The maximum atomic E-state index is 13.7. The van der Waals surface area contributed by atoms with Crippen LogP contribution in [0.5, 0.6) is 5.75 Å². The number of benzene rings is 2. The number of fused-ring (bicyclic) bond motifs is 1. The number of carbonyl (C=O) groups excluding carboxylic acids is 4. The summed E-state index contributed by atoms with van der Waals surface area (Å²) in [6.45, 7) is 4.12. The molecule has 0 aromatic heterocycles. The lowest BCUT2D eigenvalue weighted by Gasteiger charge is -2.36. The molecule has 2 saturated heterocycles. The number of piperazine rings is 1. The average molecular weight is 555 g/mol. The molecule has 1 unspecified atom stereocenters. The van der Waals surface area contributed by atoms with Gasteiger partial charge in [-0.05, 0) is 29.7 Å². The van der Waals surface area contributed by atoms with E-state index in [1.165, 1.54) is 16.7 Å². The van der Waals surface area contributed by atoms with E-state index in [0.717, 1.165) is 16.7 Å². The SMILES string of the molecule is CCC(F)(F)C(=O)N1CCN(Cc2ccc(COc3cccc4c3CN(C3CCC(=O)NC3=O)C4=O)cc2)CC1. The van der Waals surface area contributed by atoms with E-state index in [4.69, 9.17) is 4.74 Å². The predicted octanol–water partition coefficient (Wildman–Crippen LogP) is 2.72. The third-order valence-electron chi connectivity index (χ3n) is 7.78. The van der Waals surface area contributed by atoms with E-state index in [1.807, 2.05) is 24.3 Å². The molecule has 5 rings (SSSR count). The van der Waals surface area contributed by atoms with Gasteiger partial charge in [0.2, 0.25) is 11.8 Å². The van der Waals surface area contributed by atoms with Crippen molar-refractivity contribution in [3.8, 4) is 5.75 Å². The van der Waals surface area contributed by atoms with Crippen molar-refractivity contribution in [1.82, 2.24) is 20.0 Å². The maximum absolute atomic E-state index is 13.7. The molecule has 3 aliphatic heterocycles. The van der Waals surface area contributed by atoms with Gasteiger partial charge in [-0.2, -0.15) is 8.78 Å². The van der Waals surface area contributed by atoms with Crippen molar-refractivity contribution in [2.75, 3.05) is 26.2 Å². The normalized spacial score (nSPS) is 20.0. The van der Waals surface area contributed by atoms with E-state index in [9.17, 15) is 28.0 Å². The lowest BCUT2D eigenvalue weighted by Crippen LogP contribution is -2.52. The third kappa shape index (κ3) is 5.70. The van der Waals surface area contributed by atoms with E-state index in [1.54, 1.807) is 18.2 Å². The molecule has 0 bridgehead atoms. The van der Waals surface area contributed by atoms with E-state index in [-0.39, 0.29) is 44.5 Å². The molecule has 212 valence electrons. The molecule has 4 amide bonds. The Morgan fingerprint density at radius 1 is 1.02 bits per heavy atom. The standard InChI is InChI=1S/C29H32F2N4O5/c1-2-29(30,31)28(39)34-14-12-33(13-15-34)16-19-6-8-20(9-7-19)18-40-24-5-3-4-21-22(24)17-35(27(21)38)23-10-11-25(36)32-26(23)37/h3-9,23H,2,10-18H2,1H3,(H,32,36,37). The largest absolute Gasteiger partial charge is 0.489 e. The van der Waals surface area contributed by atoms with Gasteiger partial charge in [-0.25, -0.2) is 0 Å². The zero-order valence-electron chi connectivity index (χ0n) is 22.3. The molecule has 0 saturated carbocycles. The minimum Gasteiger partial charge on any atom is -0.489 e. The van der Waals surface area contributed by atoms with E-state index in [2.05, 4.69) is 10.2 Å². The van der Waals surface area contributed by atoms with Gasteiger partial charge in [0.15, 0.2) is 0 Å². The van der Waals surface area contributed by atoms with Crippen LogP contribution < -0.4 is 10.1 Å². The number of rotatable bonds is 8. The number of alkyl halides is 2. The van der Waals surface area contributed by atoms with Crippen LogP contribution in [-0.2, 0) is 34.1 Å². The Balaban J connectivity index is 1.14. The Bertz CT molecular complexity index is 1310. The van der Waals surface area contributed by atoms with Crippen LogP contribution in [0.2, 0.25) is 0 Å². The zero-order valence-corrected chi connectivity index (χ0v) is 22.3. The number of halogens is 2. The van der Waals surface area contributed by atoms with Crippen LogP contribution in [0.15, 0.2) is 42.5 Å². The second-order valence-corrected chi connectivity index (χ2v) is 10.4. The molecule has 9 nitrogen and oxygen atoms in total. The second-order valence-electron chi connectivity index (χ2n) is 10.4. The molecular weight excluding hydrogens is 522 g/mol. The number of hydrogen-bond acceptors (Lipinski definition) is 6. The number of nitrogens with zero attached hydrogens (tertiary/aromatic N) is 3.